The van der Waals surface area contributed by atoms with Crippen LogP contribution in [-0.2, 0) is 0 Å². The Bertz CT molecular complexity index is 281. The summed E-state index contributed by atoms with van der Waals surface area (Å²) >= 11 is 1.91. The Morgan fingerprint density at radius 2 is 2.08 bits per heavy atom. The fraction of sp³-hybridized carbons (Fsp3) is 0.400. The molecule has 13 heavy (non-hydrogen) atoms. The number of nitrogens with one attached hydrogen (secondary N) is 1. The van der Waals surface area contributed by atoms with E-state index in [1.54, 1.807) is 0 Å². The van der Waals surface area contributed by atoms with Gasteiger partial charge in [0.05, 0.1) is 5.37 Å². The molecule has 1 saturated heterocycles. The molecule has 0 aliphatic carbocycles. The fourth-order valence-electron chi connectivity index (χ4n) is 1.27. The second-order valence-electron chi connectivity index (χ2n) is 3.26. The van der Waals surface area contributed by atoms with Crippen LogP contribution in [0.4, 0.5) is 4.39 Å². The molecule has 1 aromatic rings. The Morgan fingerprint density at radius 1 is 1.46 bits per heavy atom. The summed E-state index contributed by atoms with van der Waals surface area (Å²) < 4.78 is 12.6. The third-order valence-electron chi connectivity index (χ3n) is 2.14. The number of halogens is 1. The minimum Gasteiger partial charge on any atom is -0.298 e. The van der Waals surface area contributed by atoms with Crippen molar-refractivity contribution >= 4 is 11.8 Å². The molecule has 70 valence electrons. The number of rotatable bonds is 3. The number of hydrogen-bond donors (Lipinski definition) is 1. The van der Waals surface area contributed by atoms with Gasteiger partial charge in [-0.3, -0.25) is 5.32 Å². The molecule has 1 N–H and O–H groups in total. The average Bonchev–Trinajstić information content (AvgIpc) is 2.89. The van der Waals surface area contributed by atoms with E-state index in [2.05, 4.69) is 12.2 Å². The first kappa shape index (κ1) is 9.03. The Kier molecular flexibility index (Phi) is 2.56. The molecule has 0 radical (unpaired) electrons. The van der Waals surface area contributed by atoms with Crippen molar-refractivity contribution in [2.45, 2.75) is 18.3 Å². The first-order valence-electron chi connectivity index (χ1n) is 4.39. The van der Waals surface area contributed by atoms with Gasteiger partial charge in [-0.25, -0.2) is 4.39 Å². The second kappa shape index (κ2) is 3.68. The first-order valence-corrected chi connectivity index (χ1v) is 5.44. The standard InChI is InChI=1S/C10H12FNS/c1-7(12-10-6-13-10)8-2-4-9(11)5-3-8/h2-5,7,10,12H,6H2,1H3/t7-,10?/m1/s1. The normalized spacial score (nSPS) is 22.8. The first-order chi connectivity index (χ1) is 6.25. The van der Waals surface area contributed by atoms with Crippen LogP contribution in [0.5, 0.6) is 0 Å². The third-order valence-corrected chi connectivity index (χ3v) is 2.94. The molecule has 0 bridgehead atoms. The predicted octanol–water partition coefficient (Wildman–Crippen LogP) is 2.55. The van der Waals surface area contributed by atoms with Crippen molar-refractivity contribution in [2.75, 3.05) is 5.75 Å². The lowest BCUT2D eigenvalue weighted by molar-refractivity contribution is 0.591. The largest absolute Gasteiger partial charge is 0.298 e. The Hall–Kier alpha value is -0.540. The monoisotopic (exact) mass is 197 g/mol. The van der Waals surface area contributed by atoms with Gasteiger partial charge in [0.25, 0.3) is 0 Å². The Balaban J connectivity index is 2.01. The maximum atomic E-state index is 12.6. The quantitative estimate of drug-likeness (QED) is 0.747. The van der Waals surface area contributed by atoms with Crippen molar-refractivity contribution < 1.29 is 4.39 Å². The Labute approximate surface area is 81.7 Å². The molecule has 0 spiro atoms. The topological polar surface area (TPSA) is 12.0 Å². The lowest BCUT2D eigenvalue weighted by Gasteiger charge is -2.12. The van der Waals surface area contributed by atoms with Crippen LogP contribution in [0.3, 0.4) is 0 Å². The Morgan fingerprint density at radius 3 is 2.62 bits per heavy atom. The van der Waals surface area contributed by atoms with Crippen molar-refractivity contribution in [3.8, 4) is 0 Å². The van der Waals surface area contributed by atoms with Gasteiger partial charge >= 0.3 is 0 Å². The van der Waals surface area contributed by atoms with Crippen LogP contribution in [0, 0.1) is 5.82 Å². The summed E-state index contributed by atoms with van der Waals surface area (Å²) in [5.41, 5.74) is 1.15. The molecule has 0 aromatic heterocycles. The van der Waals surface area contributed by atoms with Gasteiger partial charge in [-0.2, -0.15) is 0 Å². The van der Waals surface area contributed by atoms with Crippen molar-refractivity contribution in [3.63, 3.8) is 0 Å². The number of hydrogen-bond acceptors (Lipinski definition) is 2. The van der Waals surface area contributed by atoms with Gasteiger partial charge in [0.2, 0.25) is 0 Å². The zero-order chi connectivity index (χ0) is 9.26. The molecule has 2 atom stereocenters. The molecular weight excluding hydrogens is 185 g/mol. The van der Waals surface area contributed by atoms with E-state index in [0.29, 0.717) is 11.4 Å². The van der Waals surface area contributed by atoms with Crippen molar-refractivity contribution in [2.24, 2.45) is 0 Å². The summed E-state index contributed by atoms with van der Waals surface area (Å²) in [4.78, 5) is 0. The summed E-state index contributed by atoms with van der Waals surface area (Å²) in [7, 11) is 0. The molecule has 1 aliphatic rings. The van der Waals surface area contributed by atoms with Crippen LogP contribution in [0.2, 0.25) is 0 Å². The lowest BCUT2D eigenvalue weighted by atomic mass is 10.1. The van der Waals surface area contributed by atoms with E-state index in [0.717, 1.165) is 5.56 Å². The van der Waals surface area contributed by atoms with Gasteiger partial charge in [0.15, 0.2) is 0 Å². The maximum Gasteiger partial charge on any atom is 0.123 e. The number of benzene rings is 1. The van der Waals surface area contributed by atoms with Crippen molar-refractivity contribution in [1.29, 1.82) is 0 Å². The molecule has 2 rings (SSSR count). The summed E-state index contributed by atoms with van der Waals surface area (Å²) in [6.07, 6.45) is 0. The van der Waals surface area contributed by atoms with Crippen LogP contribution in [0.15, 0.2) is 24.3 Å². The van der Waals surface area contributed by atoms with E-state index >= 15 is 0 Å². The van der Waals surface area contributed by atoms with Crippen LogP contribution in [0.25, 0.3) is 0 Å². The van der Waals surface area contributed by atoms with Crippen LogP contribution < -0.4 is 5.32 Å². The van der Waals surface area contributed by atoms with Gasteiger partial charge in [0, 0.05) is 11.8 Å². The SMILES string of the molecule is C[C@@H](NC1CS1)c1ccc(F)cc1. The van der Waals surface area contributed by atoms with E-state index in [-0.39, 0.29) is 5.82 Å². The molecule has 1 unspecified atom stereocenters. The van der Waals surface area contributed by atoms with Gasteiger partial charge in [-0.1, -0.05) is 12.1 Å². The number of thioether (sulfide) groups is 1. The maximum absolute atomic E-state index is 12.6. The minimum absolute atomic E-state index is 0.170. The van der Waals surface area contributed by atoms with Crippen molar-refractivity contribution in [3.05, 3.63) is 35.6 Å². The van der Waals surface area contributed by atoms with E-state index < -0.39 is 0 Å². The van der Waals surface area contributed by atoms with Gasteiger partial charge in [-0.05, 0) is 24.6 Å². The second-order valence-corrected chi connectivity index (χ2v) is 4.50. The van der Waals surface area contributed by atoms with E-state index in [1.807, 2.05) is 23.9 Å². The predicted molar refractivity (Wildman–Crippen MR) is 54.2 cm³/mol. The lowest BCUT2D eigenvalue weighted by Crippen LogP contribution is -2.20. The highest BCUT2D eigenvalue weighted by Crippen LogP contribution is 2.29. The van der Waals surface area contributed by atoms with Gasteiger partial charge in [-0.15, -0.1) is 11.8 Å². The van der Waals surface area contributed by atoms with E-state index in [9.17, 15) is 4.39 Å². The smallest absolute Gasteiger partial charge is 0.123 e. The summed E-state index contributed by atoms with van der Waals surface area (Å²) in [5, 5.41) is 4.04. The highest BCUT2D eigenvalue weighted by Gasteiger charge is 2.23. The molecule has 1 fully saturated rings. The molecule has 1 aliphatic heterocycles. The highest BCUT2D eigenvalue weighted by atomic mass is 32.2. The zero-order valence-electron chi connectivity index (χ0n) is 7.46. The highest BCUT2D eigenvalue weighted by molar-refractivity contribution is 8.06. The zero-order valence-corrected chi connectivity index (χ0v) is 8.27. The molecule has 0 amide bonds. The fourth-order valence-corrected chi connectivity index (χ4v) is 1.76. The summed E-state index contributed by atoms with van der Waals surface area (Å²) in [6.45, 7) is 2.10. The molecule has 1 heterocycles. The van der Waals surface area contributed by atoms with E-state index in [4.69, 9.17) is 0 Å². The molecule has 0 saturated carbocycles. The molecular formula is C10H12FNS. The molecule has 1 aromatic carbocycles. The summed E-state index contributed by atoms with van der Waals surface area (Å²) in [5.74, 6) is 1.03. The van der Waals surface area contributed by atoms with Crippen LogP contribution in [-0.4, -0.2) is 11.1 Å². The summed E-state index contributed by atoms with van der Waals surface area (Å²) in [6, 6.07) is 7.00. The average molecular weight is 197 g/mol. The molecule has 1 nitrogen and oxygen atoms in total. The molecule has 3 heteroatoms. The van der Waals surface area contributed by atoms with E-state index in [1.165, 1.54) is 17.9 Å². The minimum atomic E-state index is -0.170. The van der Waals surface area contributed by atoms with Crippen molar-refractivity contribution in [1.82, 2.24) is 5.32 Å². The van der Waals surface area contributed by atoms with Gasteiger partial charge < -0.3 is 0 Å². The van der Waals surface area contributed by atoms with Gasteiger partial charge in [0.1, 0.15) is 5.82 Å². The van der Waals surface area contributed by atoms with Crippen LogP contribution in [0.1, 0.15) is 18.5 Å². The van der Waals surface area contributed by atoms with Crippen LogP contribution >= 0.6 is 11.8 Å². The third kappa shape index (κ3) is 2.45.